The van der Waals surface area contributed by atoms with Gasteiger partial charge in [0.15, 0.2) is 0 Å². The second kappa shape index (κ2) is 6.98. The lowest BCUT2D eigenvalue weighted by Gasteiger charge is -2.31. The minimum atomic E-state index is 0.570. The zero-order valence-electron chi connectivity index (χ0n) is 12.3. The van der Waals surface area contributed by atoms with E-state index in [-0.39, 0.29) is 0 Å². The molecule has 2 rings (SSSR count). The molecule has 0 radical (unpaired) electrons. The number of nitrogens with one attached hydrogen (secondary N) is 1. The zero-order valence-corrected chi connectivity index (χ0v) is 12.3. The molecule has 1 saturated heterocycles. The SMILES string of the molecule is CNCC1CN(C)CC(C)CN1Cc1cccnc1. The second-order valence-corrected chi connectivity index (χ2v) is 5.83. The summed E-state index contributed by atoms with van der Waals surface area (Å²) < 4.78 is 0. The highest BCUT2D eigenvalue weighted by atomic mass is 15.2. The lowest BCUT2D eigenvalue weighted by atomic mass is 10.1. The van der Waals surface area contributed by atoms with Crippen LogP contribution in [0.2, 0.25) is 0 Å². The van der Waals surface area contributed by atoms with E-state index < -0.39 is 0 Å². The minimum absolute atomic E-state index is 0.570. The van der Waals surface area contributed by atoms with Crippen molar-refractivity contribution in [3.8, 4) is 0 Å². The average molecular weight is 262 g/mol. The Morgan fingerprint density at radius 1 is 1.37 bits per heavy atom. The Balaban J connectivity index is 2.08. The first-order valence-corrected chi connectivity index (χ1v) is 7.15. The Morgan fingerprint density at radius 3 is 2.89 bits per heavy atom. The van der Waals surface area contributed by atoms with Crippen molar-refractivity contribution in [2.75, 3.05) is 40.3 Å². The molecule has 19 heavy (non-hydrogen) atoms. The van der Waals surface area contributed by atoms with E-state index in [0.29, 0.717) is 12.0 Å². The fraction of sp³-hybridized carbons (Fsp3) is 0.667. The number of hydrogen-bond donors (Lipinski definition) is 1. The summed E-state index contributed by atoms with van der Waals surface area (Å²) in [4.78, 5) is 9.28. The molecule has 1 aliphatic rings. The molecule has 106 valence electrons. The van der Waals surface area contributed by atoms with Crippen molar-refractivity contribution in [1.82, 2.24) is 20.1 Å². The Kier molecular flexibility index (Phi) is 5.31. The first kappa shape index (κ1) is 14.4. The van der Waals surface area contributed by atoms with Gasteiger partial charge in [0.2, 0.25) is 0 Å². The summed E-state index contributed by atoms with van der Waals surface area (Å²) in [6.07, 6.45) is 3.82. The third-order valence-electron chi connectivity index (χ3n) is 3.76. The highest BCUT2D eigenvalue weighted by Crippen LogP contribution is 2.16. The third-order valence-corrected chi connectivity index (χ3v) is 3.76. The molecule has 2 heterocycles. The van der Waals surface area contributed by atoms with Crippen LogP contribution in [0.1, 0.15) is 12.5 Å². The molecular formula is C15H26N4. The maximum absolute atomic E-state index is 4.23. The zero-order chi connectivity index (χ0) is 13.7. The van der Waals surface area contributed by atoms with Crippen LogP contribution < -0.4 is 5.32 Å². The van der Waals surface area contributed by atoms with Crippen LogP contribution in [-0.4, -0.2) is 61.1 Å². The molecule has 0 aliphatic carbocycles. The van der Waals surface area contributed by atoms with Crippen LogP contribution in [0.3, 0.4) is 0 Å². The summed E-state index contributed by atoms with van der Waals surface area (Å²) in [5, 5.41) is 3.33. The molecule has 1 aromatic rings. The van der Waals surface area contributed by atoms with Gasteiger partial charge in [0.1, 0.15) is 0 Å². The molecule has 1 fully saturated rings. The van der Waals surface area contributed by atoms with Crippen molar-refractivity contribution in [1.29, 1.82) is 0 Å². The van der Waals surface area contributed by atoms with Crippen LogP contribution in [0.25, 0.3) is 0 Å². The van der Waals surface area contributed by atoms with Gasteiger partial charge in [0.25, 0.3) is 0 Å². The average Bonchev–Trinajstić information content (AvgIpc) is 2.50. The molecule has 2 atom stereocenters. The predicted molar refractivity (Wildman–Crippen MR) is 79.0 cm³/mol. The van der Waals surface area contributed by atoms with Gasteiger partial charge in [-0.2, -0.15) is 0 Å². The van der Waals surface area contributed by atoms with Gasteiger partial charge in [-0.1, -0.05) is 13.0 Å². The van der Waals surface area contributed by atoms with Gasteiger partial charge < -0.3 is 10.2 Å². The van der Waals surface area contributed by atoms with Gasteiger partial charge in [-0.3, -0.25) is 9.88 Å². The van der Waals surface area contributed by atoms with E-state index in [4.69, 9.17) is 0 Å². The molecule has 1 aromatic heterocycles. The molecule has 0 spiro atoms. The molecule has 0 amide bonds. The highest BCUT2D eigenvalue weighted by molar-refractivity contribution is 5.08. The topological polar surface area (TPSA) is 31.4 Å². The third kappa shape index (κ3) is 4.27. The molecular weight excluding hydrogens is 236 g/mol. The lowest BCUT2D eigenvalue weighted by molar-refractivity contribution is 0.172. The van der Waals surface area contributed by atoms with E-state index in [0.717, 1.165) is 26.2 Å². The monoisotopic (exact) mass is 262 g/mol. The smallest absolute Gasteiger partial charge is 0.0351 e. The lowest BCUT2D eigenvalue weighted by Crippen LogP contribution is -2.45. The molecule has 1 aliphatic heterocycles. The van der Waals surface area contributed by atoms with E-state index in [2.05, 4.69) is 40.1 Å². The van der Waals surface area contributed by atoms with E-state index >= 15 is 0 Å². The quantitative estimate of drug-likeness (QED) is 0.879. The molecule has 0 bridgehead atoms. The van der Waals surface area contributed by atoms with Gasteiger partial charge in [-0.05, 0) is 31.6 Å². The molecule has 0 saturated carbocycles. The van der Waals surface area contributed by atoms with E-state index in [1.807, 2.05) is 25.5 Å². The van der Waals surface area contributed by atoms with Gasteiger partial charge in [0, 0.05) is 51.2 Å². The summed E-state index contributed by atoms with van der Waals surface area (Å²) in [6, 6.07) is 4.76. The predicted octanol–water partition coefficient (Wildman–Crippen LogP) is 1.05. The molecule has 0 aromatic carbocycles. The second-order valence-electron chi connectivity index (χ2n) is 5.83. The van der Waals surface area contributed by atoms with Crippen molar-refractivity contribution in [2.24, 2.45) is 5.92 Å². The van der Waals surface area contributed by atoms with E-state index in [1.165, 1.54) is 12.1 Å². The number of aromatic nitrogens is 1. The van der Waals surface area contributed by atoms with E-state index in [9.17, 15) is 0 Å². The summed E-state index contributed by atoms with van der Waals surface area (Å²) in [5.74, 6) is 0.712. The highest BCUT2D eigenvalue weighted by Gasteiger charge is 2.26. The Morgan fingerprint density at radius 2 is 2.21 bits per heavy atom. The molecule has 2 unspecified atom stereocenters. The fourth-order valence-corrected chi connectivity index (χ4v) is 3.04. The van der Waals surface area contributed by atoms with Gasteiger partial charge in [-0.25, -0.2) is 0 Å². The standard InChI is InChI=1S/C15H26N4/c1-13-9-18(3)12-15(8-16-2)19(10-13)11-14-5-4-6-17-7-14/h4-7,13,15-16H,8-12H2,1-3H3. The maximum Gasteiger partial charge on any atom is 0.0351 e. The van der Waals surface area contributed by atoms with Crippen molar-refractivity contribution in [3.05, 3.63) is 30.1 Å². The van der Waals surface area contributed by atoms with Crippen molar-refractivity contribution in [2.45, 2.75) is 19.5 Å². The van der Waals surface area contributed by atoms with E-state index in [1.54, 1.807) is 0 Å². The van der Waals surface area contributed by atoms with Crippen molar-refractivity contribution in [3.63, 3.8) is 0 Å². The summed E-state index contributed by atoms with van der Waals surface area (Å²) in [5.41, 5.74) is 1.31. The molecule has 4 heteroatoms. The van der Waals surface area contributed by atoms with Crippen LogP contribution in [0.5, 0.6) is 0 Å². The summed E-state index contributed by atoms with van der Waals surface area (Å²) in [7, 11) is 4.27. The number of hydrogen-bond acceptors (Lipinski definition) is 4. The van der Waals surface area contributed by atoms with Gasteiger partial charge in [0.05, 0.1) is 0 Å². The fourth-order valence-electron chi connectivity index (χ4n) is 3.04. The maximum atomic E-state index is 4.23. The Hall–Kier alpha value is -0.970. The first-order chi connectivity index (χ1) is 9.19. The van der Waals surface area contributed by atoms with Gasteiger partial charge >= 0.3 is 0 Å². The van der Waals surface area contributed by atoms with Crippen LogP contribution in [0, 0.1) is 5.92 Å². The van der Waals surface area contributed by atoms with Crippen molar-refractivity contribution >= 4 is 0 Å². The Bertz CT molecular complexity index is 368. The number of pyridine rings is 1. The molecule has 4 nitrogen and oxygen atoms in total. The largest absolute Gasteiger partial charge is 0.318 e. The van der Waals surface area contributed by atoms with Crippen molar-refractivity contribution < 1.29 is 0 Å². The first-order valence-electron chi connectivity index (χ1n) is 7.15. The Labute approximate surface area is 116 Å². The van der Waals surface area contributed by atoms with Gasteiger partial charge in [-0.15, -0.1) is 0 Å². The number of nitrogens with zero attached hydrogens (tertiary/aromatic N) is 3. The summed E-state index contributed by atoms with van der Waals surface area (Å²) in [6.45, 7) is 7.85. The normalized spacial score (nSPS) is 26.3. The molecule has 1 N–H and O–H groups in total. The number of likely N-dealkylation sites (N-methyl/N-ethyl adjacent to an activating group) is 2. The van der Waals surface area contributed by atoms with Crippen LogP contribution >= 0.6 is 0 Å². The van der Waals surface area contributed by atoms with Crippen LogP contribution in [0.4, 0.5) is 0 Å². The number of rotatable bonds is 4. The van der Waals surface area contributed by atoms with Crippen LogP contribution in [-0.2, 0) is 6.54 Å². The van der Waals surface area contributed by atoms with Crippen LogP contribution in [0.15, 0.2) is 24.5 Å². The summed E-state index contributed by atoms with van der Waals surface area (Å²) >= 11 is 0. The minimum Gasteiger partial charge on any atom is -0.318 e.